The molecule has 0 atom stereocenters. The van der Waals surface area contributed by atoms with E-state index in [0.717, 1.165) is 0 Å². The zero-order chi connectivity index (χ0) is 6.00. The molecule has 0 aromatic carbocycles. The first-order valence-electron chi connectivity index (χ1n) is 0.707. The van der Waals surface area contributed by atoms with E-state index in [4.69, 9.17) is 0 Å². The second-order valence-corrected chi connectivity index (χ2v) is 0. The van der Waals surface area contributed by atoms with Gasteiger partial charge in [-0.05, 0) is 0 Å². The van der Waals surface area contributed by atoms with E-state index in [1.165, 1.54) is 0 Å². The van der Waals surface area contributed by atoms with Gasteiger partial charge in [-0.3, -0.25) is 0 Å². The Morgan fingerprint density at radius 2 is 0.333 bits per heavy atom. The van der Waals surface area contributed by atoms with Gasteiger partial charge in [0, 0.05) is 0 Å². The Labute approximate surface area is 101 Å². The topological polar surface area (TPSA) is 0 Å². The number of hydrogen-bond acceptors (Lipinski definition) is 3. The second-order valence-electron chi connectivity index (χ2n) is 0. The fourth-order valence-electron chi connectivity index (χ4n) is 0. The van der Waals surface area contributed by atoms with Crippen LogP contribution in [0.5, 0.6) is 0 Å². The minimum atomic E-state index is 0. The molecule has 0 saturated heterocycles. The second kappa shape index (κ2) is 1910. The van der Waals surface area contributed by atoms with Crippen LogP contribution >= 0.6 is 36.2 Å². The molecule has 0 aromatic heterocycles. The van der Waals surface area contributed by atoms with Crippen molar-refractivity contribution in [3.8, 4) is 0 Å². The van der Waals surface area contributed by atoms with Crippen LogP contribution in [-0.2, 0) is 0 Å². The molecule has 12 heavy (non-hydrogen) atoms. The van der Waals surface area contributed by atoms with Gasteiger partial charge in [-0.25, -0.2) is 0 Å². The van der Waals surface area contributed by atoms with Gasteiger partial charge in [0.1, 0.15) is 0 Å². The maximum atomic E-state index is 4.08. The van der Waals surface area contributed by atoms with Gasteiger partial charge in [0.2, 0.25) is 0 Å². The summed E-state index contributed by atoms with van der Waals surface area (Å²) in [6, 6.07) is 0. The van der Waals surface area contributed by atoms with Crippen LogP contribution < -0.4 is 0 Å². The molecule has 0 rings (SSSR count). The summed E-state index contributed by atoms with van der Waals surface area (Å²) >= 11 is 10.8. The first-order valence-corrected chi connectivity index (χ1v) is 2.12. The molecule has 0 nitrogen and oxygen atoms in total. The van der Waals surface area contributed by atoms with Crippen molar-refractivity contribution in [2.24, 2.45) is 0 Å². The quantitative estimate of drug-likeness (QED) is 0.552. The zero-order valence-corrected chi connectivity index (χ0v) is 5.41. The molecule has 0 aliphatic carbocycles. The van der Waals surface area contributed by atoms with Crippen molar-refractivity contribution in [3.05, 3.63) is 0 Å². The summed E-state index contributed by atoms with van der Waals surface area (Å²) < 4.78 is 0. The maximum absolute atomic E-state index is 4.08. The van der Waals surface area contributed by atoms with E-state index in [1.54, 1.807) is 0 Å². The van der Waals surface area contributed by atoms with Gasteiger partial charge in [-0.1, -0.05) is 44.6 Å². The van der Waals surface area contributed by atoms with Gasteiger partial charge in [-0.15, -0.1) is 0 Å². The van der Waals surface area contributed by atoms with Crippen LogP contribution in [0.1, 0.15) is 44.6 Å². The normalized spacial score (nSPS) is 0.750. The molecular formula is C6H24B3S3. The van der Waals surface area contributed by atoms with E-state index < -0.39 is 0 Å². The molecule has 0 N–H and O–H groups in total. The Kier molecular flexibility index (Phi) is 19400. The summed E-state index contributed by atoms with van der Waals surface area (Å²) in [6.45, 7) is 12.2. The third kappa shape index (κ3) is 1440. The van der Waals surface area contributed by atoms with Crippen LogP contribution in [0.15, 0.2) is 0 Å². The molecule has 0 fully saturated rings. The Hall–Kier alpha value is 0.855. The molecule has 3 radical (unpaired) electrons. The van der Waals surface area contributed by atoms with Crippen molar-refractivity contribution >= 4 is 56.3 Å². The molecule has 75 valence electrons. The molecule has 6 heteroatoms. The zero-order valence-electron chi connectivity index (χ0n) is 2.96. The van der Waals surface area contributed by atoms with Gasteiger partial charge in [0.05, 0.1) is 0 Å². The average Bonchev–Trinajstić information content (AvgIpc) is 1.81. The van der Waals surface area contributed by atoms with Crippen molar-refractivity contribution in [2.45, 2.75) is 44.6 Å². The first kappa shape index (κ1) is 122. The molecule has 0 bridgehead atoms. The molecule has 0 unspecified atom stereocenters. The molecule has 0 aromatic rings. The van der Waals surface area contributed by atoms with Crippen LogP contribution in [0, 0.1) is 0 Å². The SMILES string of the molecule is C.C.C.C.C.C.[B]=S.[B]=S.[B]=S. The van der Waals surface area contributed by atoms with Gasteiger partial charge in [-0.2, -0.15) is 0 Å². The van der Waals surface area contributed by atoms with Crippen LogP contribution in [0.4, 0.5) is 0 Å². The third-order valence-corrected chi connectivity index (χ3v) is 0. The predicted octanol–water partition coefficient (Wildman–Crippen LogP) is 4.62. The van der Waals surface area contributed by atoms with Crippen molar-refractivity contribution in [1.29, 1.82) is 0 Å². The Morgan fingerprint density at radius 3 is 0.333 bits per heavy atom. The minimum absolute atomic E-state index is 0. The van der Waals surface area contributed by atoms with Crippen molar-refractivity contribution in [2.75, 3.05) is 0 Å². The molecule has 0 saturated carbocycles. The molecule has 0 aliphatic heterocycles. The Balaban J connectivity index is -0.00000000129. The van der Waals surface area contributed by atoms with E-state index in [-0.39, 0.29) is 44.6 Å². The van der Waals surface area contributed by atoms with Crippen molar-refractivity contribution in [1.82, 2.24) is 0 Å². The molecular weight excluding hydrogens is 201 g/mol. The van der Waals surface area contributed by atoms with E-state index in [0.29, 0.717) is 0 Å². The number of hydrogen-bond donors (Lipinski definition) is 0. The monoisotopic (exact) mass is 225 g/mol. The van der Waals surface area contributed by atoms with Gasteiger partial charge in [0.25, 0.3) is 0 Å². The molecule has 0 heterocycles. The fourth-order valence-corrected chi connectivity index (χ4v) is 0. The molecule has 0 spiro atoms. The molecule has 0 aliphatic rings. The van der Waals surface area contributed by atoms with E-state index in [1.807, 2.05) is 0 Å². The summed E-state index contributed by atoms with van der Waals surface area (Å²) in [5.74, 6) is 0. The molecule has 0 amide bonds. The summed E-state index contributed by atoms with van der Waals surface area (Å²) in [5.41, 5.74) is 0. The summed E-state index contributed by atoms with van der Waals surface area (Å²) in [7, 11) is 0. The average molecular weight is 225 g/mol. The standard InChI is InChI=1S/6CH4.3BS/c;;;;;;3*1-2/h6*1H4;;;. The fraction of sp³-hybridized carbons (Fsp3) is 1.00. The predicted molar refractivity (Wildman–Crippen MR) is 80.4 cm³/mol. The number of rotatable bonds is 0. The summed E-state index contributed by atoms with van der Waals surface area (Å²) in [5, 5.41) is 0. The Bertz CT molecular complexity index is 22.8. The third-order valence-electron chi connectivity index (χ3n) is 0. The van der Waals surface area contributed by atoms with E-state index in [2.05, 4.69) is 56.3 Å². The summed E-state index contributed by atoms with van der Waals surface area (Å²) in [6.07, 6.45) is 0. The van der Waals surface area contributed by atoms with E-state index in [9.17, 15) is 0 Å². The van der Waals surface area contributed by atoms with Gasteiger partial charge >= 0.3 is 56.3 Å². The van der Waals surface area contributed by atoms with Gasteiger partial charge in [0.15, 0.2) is 0 Å². The van der Waals surface area contributed by atoms with Crippen molar-refractivity contribution < 1.29 is 0 Å². The van der Waals surface area contributed by atoms with Gasteiger partial charge < -0.3 is 0 Å². The van der Waals surface area contributed by atoms with Crippen LogP contribution in [0.2, 0.25) is 0 Å². The first-order chi connectivity index (χ1) is 3.00. The van der Waals surface area contributed by atoms with Crippen LogP contribution in [-0.4, -0.2) is 20.2 Å². The van der Waals surface area contributed by atoms with Crippen molar-refractivity contribution in [3.63, 3.8) is 0 Å². The van der Waals surface area contributed by atoms with E-state index >= 15 is 0 Å². The Morgan fingerprint density at radius 1 is 0.333 bits per heavy atom. The summed E-state index contributed by atoms with van der Waals surface area (Å²) in [4.78, 5) is 0. The van der Waals surface area contributed by atoms with Crippen LogP contribution in [0.3, 0.4) is 0 Å². The van der Waals surface area contributed by atoms with Crippen LogP contribution in [0.25, 0.3) is 0 Å².